The van der Waals surface area contributed by atoms with E-state index in [9.17, 15) is 0 Å². The van der Waals surface area contributed by atoms with Gasteiger partial charge in [0.05, 0.1) is 0 Å². The fraction of sp³-hybridized carbons (Fsp3) is 0. The Morgan fingerprint density at radius 1 is 0.667 bits per heavy atom. The van der Waals surface area contributed by atoms with Gasteiger partial charge in [0, 0.05) is 0 Å². The minimum Gasteiger partial charge on any atom is -1.00 e. The molecule has 0 aliphatic carbocycles. The summed E-state index contributed by atoms with van der Waals surface area (Å²) < 4.78 is 0. The van der Waals surface area contributed by atoms with Gasteiger partial charge >= 0.3 is 23.1 Å². The molecule has 0 atom stereocenters. The average molecular weight is 270 g/mol. The molecule has 1 aromatic heterocycles. The molecule has 0 fully saturated rings. The molecular formula is C12H8BrMgN. The molecule has 1 nitrogen and oxygen atoms in total. The van der Waals surface area contributed by atoms with Crippen LogP contribution in [0.3, 0.4) is 0 Å². The Morgan fingerprint density at radius 3 is 1.53 bits per heavy atom. The second kappa shape index (κ2) is 5.01. The minimum absolute atomic E-state index is 0. The van der Waals surface area contributed by atoms with Gasteiger partial charge in [-0.25, -0.2) is 0 Å². The summed E-state index contributed by atoms with van der Waals surface area (Å²) in [6.07, 6.45) is 0. The summed E-state index contributed by atoms with van der Waals surface area (Å²) in [5, 5.41) is 2.50. The minimum atomic E-state index is 0. The van der Waals surface area contributed by atoms with Gasteiger partial charge in [0.25, 0.3) is 0 Å². The molecule has 3 aromatic rings. The summed E-state index contributed by atoms with van der Waals surface area (Å²) in [4.78, 5) is 4.52. The van der Waals surface area contributed by atoms with Crippen LogP contribution in [0.25, 0.3) is 21.8 Å². The second-order valence-electron chi connectivity index (χ2n) is 3.15. The van der Waals surface area contributed by atoms with Gasteiger partial charge < -0.3 is 22.0 Å². The SMILES string of the molecule is [Br-].[Mg+2].c1ccc2c(c1)[n-]c1ccccc12. The van der Waals surface area contributed by atoms with Crippen molar-refractivity contribution in [3.8, 4) is 0 Å². The molecule has 0 unspecified atom stereocenters. The molecule has 0 amide bonds. The summed E-state index contributed by atoms with van der Waals surface area (Å²) in [5.41, 5.74) is 2.17. The predicted octanol–water partition coefficient (Wildman–Crippen LogP) is -0.427. The van der Waals surface area contributed by atoms with Crippen molar-refractivity contribution in [2.45, 2.75) is 0 Å². The van der Waals surface area contributed by atoms with E-state index in [1.807, 2.05) is 12.1 Å². The number of hydrogen-bond acceptors (Lipinski definition) is 0. The van der Waals surface area contributed by atoms with E-state index in [4.69, 9.17) is 0 Å². The summed E-state index contributed by atoms with van der Waals surface area (Å²) >= 11 is 0. The number of halogens is 1. The molecule has 0 radical (unpaired) electrons. The molecule has 0 N–H and O–H groups in total. The normalized spacial score (nSPS) is 9.60. The van der Waals surface area contributed by atoms with E-state index in [2.05, 4.69) is 41.4 Å². The van der Waals surface area contributed by atoms with Crippen molar-refractivity contribution in [1.29, 1.82) is 0 Å². The zero-order valence-electron chi connectivity index (χ0n) is 8.15. The Balaban J connectivity index is 0.000000562. The van der Waals surface area contributed by atoms with Crippen LogP contribution in [0.1, 0.15) is 0 Å². The first kappa shape index (κ1) is 12.6. The Labute approximate surface area is 115 Å². The van der Waals surface area contributed by atoms with Gasteiger partial charge in [-0.15, -0.1) is 11.0 Å². The van der Waals surface area contributed by atoms with Gasteiger partial charge in [0.1, 0.15) is 0 Å². The van der Waals surface area contributed by atoms with Crippen molar-refractivity contribution in [2.75, 3.05) is 0 Å². The number of nitrogens with zero attached hydrogens (tertiary/aromatic N) is 1. The molecule has 0 aliphatic heterocycles. The molecule has 0 spiro atoms. The number of fused-ring (bicyclic) bond motifs is 3. The summed E-state index contributed by atoms with van der Waals surface area (Å²) in [5.74, 6) is 0. The maximum atomic E-state index is 4.52. The van der Waals surface area contributed by atoms with E-state index < -0.39 is 0 Å². The Bertz CT molecular complexity index is 523. The van der Waals surface area contributed by atoms with Crippen LogP contribution in [0, 0.1) is 0 Å². The molecule has 70 valence electrons. The van der Waals surface area contributed by atoms with E-state index in [1.54, 1.807) is 0 Å². The molecule has 1 heterocycles. The van der Waals surface area contributed by atoms with E-state index in [-0.39, 0.29) is 40.0 Å². The molecule has 3 heteroatoms. The first-order valence-electron chi connectivity index (χ1n) is 4.35. The van der Waals surface area contributed by atoms with Crippen LogP contribution in [0.15, 0.2) is 48.5 Å². The van der Waals surface area contributed by atoms with Gasteiger partial charge in [-0.05, 0) is 10.8 Å². The smallest absolute Gasteiger partial charge is 1.00 e. The third-order valence-corrected chi connectivity index (χ3v) is 2.34. The van der Waals surface area contributed by atoms with Crippen LogP contribution >= 0.6 is 0 Å². The van der Waals surface area contributed by atoms with Gasteiger partial charge in [-0.1, -0.05) is 48.5 Å². The van der Waals surface area contributed by atoms with Crippen LogP contribution in [0.2, 0.25) is 0 Å². The first-order valence-corrected chi connectivity index (χ1v) is 4.35. The molecule has 0 saturated heterocycles. The number of benzene rings is 2. The molecule has 0 aliphatic rings. The molecule has 3 rings (SSSR count). The van der Waals surface area contributed by atoms with Gasteiger partial charge in [-0.2, -0.15) is 0 Å². The van der Waals surface area contributed by atoms with Crippen molar-refractivity contribution in [1.82, 2.24) is 4.98 Å². The maximum absolute atomic E-state index is 4.52. The first-order chi connectivity index (χ1) is 6.45. The summed E-state index contributed by atoms with van der Waals surface area (Å²) in [7, 11) is 0. The van der Waals surface area contributed by atoms with E-state index >= 15 is 0 Å². The number of aromatic nitrogens is 1. The molecule has 15 heavy (non-hydrogen) atoms. The van der Waals surface area contributed by atoms with Crippen LogP contribution in [0.4, 0.5) is 0 Å². The maximum Gasteiger partial charge on any atom is 2.00 e. The third kappa shape index (κ3) is 2.05. The van der Waals surface area contributed by atoms with Crippen LogP contribution < -0.4 is 22.0 Å². The van der Waals surface area contributed by atoms with Crippen molar-refractivity contribution >= 4 is 44.9 Å². The molecule has 2 aromatic carbocycles. The Kier molecular flexibility index (Phi) is 4.19. The zero-order valence-corrected chi connectivity index (χ0v) is 11.2. The van der Waals surface area contributed by atoms with E-state index in [0.29, 0.717) is 0 Å². The Hall–Kier alpha value is -0.514. The zero-order chi connectivity index (χ0) is 8.67. The topological polar surface area (TPSA) is 14.1 Å². The fourth-order valence-corrected chi connectivity index (χ4v) is 1.73. The molecule has 0 saturated carbocycles. The van der Waals surface area contributed by atoms with Crippen LogP contribution in [-0.2, 0) is 0 Å². The number of para-hydroxylation sites is 2. The van der Waals surface area contributed by atoms with Crippen LogP contribution in [-0.4, -0.2) is 23.1 Å². The van der Waals surface area contributed by atoms with Crippen molar-refractivity contribution in [3.63, 3.8) is 0 Å². The number of rotatable bonds is 0. The van der Waals surface area contributed by atoms with E-state index in [1.165, 1.54) is 10.8 Å². The summed E-state index contributed by atoms with van der Waals surface area (Å²) in [6.45, 7) is 0. The molecule has 0 bridgehead atoms. The fourth-order valence-electron chi connectivity index (χ4n) is 1.73. The monoisotopic (exact) mass is 269 g/mol. The standard InChI is InChI=1S/C12H8N.BrH.Mg/c1-3-7-11-9(5-1)10-6-2-4-8-12(10)13-11;;/h1-8H;1H;/q-1;;+2/p-1. The van der Waals surface area contributed by atoms with Crippen molar-refractivity contribution in [3.05, 3.63) is 48.5 Å². The predicted molar refractivity (Wildman–Crippen MR) is 60.5 cm³/mol. The van der Waals surface area contributed by atoms with E-state index in [0.717, 1.165) is 11.0 Å². The van der Waals surface area contributed by atoms with Crippen LogP contribution in [0.5, 0.6) is 0 Å². The molecular weight excluding hydrogens is 262 g/mol. The van der Waals surface area contributed by atoms with Crippen molar-refractivity contribution < 1.29 is 17.0 Å². The Morgan fingerprint density at radius 2 is 1.07 bits per heavy atom. The van der Waals surface area contributed by atoms with Crippen molar-refractivity contribution in [2.24, 2.45) is 0 Å². The summed E-state index contributed by atoms with van der Waals surface area (Å²) in [6, 6.07) is 16.5. The third-order valence-electron chi connectivity index (χ3n) is 2.34. The van der Waals surface area contributed by atoms with Gasteiger partial charge in [-0.3, -0.25) is 0 Å². The second-order valence-corrected chi connectivity index (χ2v) is 3.15. The quantitative estimate of drug-likeness (QED) is 0.506. The van der Waals surface area contributed by atoms with Gasteiger partial charge in [0.2, 0.25) is 0 Å². The van der Waals surface area contributed by atoms with Gasteiger partial charge in [0.15, 0.2) is 0 Å². The largest absolute Gasteiger partial charge is 2.00 e. The number of hydrogen-bond donors (Lipinski definition) is 0. The average Bonchev–Trinajstić information content (AvgIpc) is 2.56.